The summed E-state index contributed by atoms with van der Waals surface area (Å²) in [4.78, 5) is 11.8. The van der Waals surface area contributed by atoms with Crippen LogP contribution in [0.15, 0.2) is 12.1 Å². The number of nitrogens with two attached hydrogens (primary N) is 1. The van der Waals surface area contributed by atoms with Crippen molar-refractivity contribution in [3.63, 3.8) is 0 Å². The Kier molecular flexibility index (Phi) is 6.79. The minimum atomic E-state index is -0.895. The third kappa shape index (κ3) is 5.31. The van der Waals surface area contributed by atoms with Crippen LogP contribution in [0.5, 0.6) is 0 Å². The lowest BCUT2D eigenvalue weighted by atomic mass is 10.2. The van der Waals surface area contributed by atoms with E-state index in [9.17, 15) is 9.00 Å². The van der Waals surface area contributed by atoms with Crippen LogP contribution in [0.2, 0.25) is 10.0 Å². The van der Waals surface area contributed by atoms with E-state index in [4.69, 9.17) is 28.9 Å². The first kappa shape index (κ1) is 17.3. The number of amides is 1. The Balaban J connectivity index is 2.53. The Morgan fingerprint density at radius 3 is 2.60 bits per heavy atom. The van der Waals surface area contributed by atoms with Crippen molar-refractivity contribution in [2.75, 3.05) is 16.8 Å². The molecule has 0 aliphatic rings. The molecule has 1 atom stereocenters. The van der Waals surface area contributed by atoms with Gasteiger partial charge >= 0.3 is 0 Å². The van der Waals surface area contributed by atoms with Crippen molar-refractivity contribution >= 4 is 51.3 Å². The molecule has 0 saturated heterocycles. The van der Waals surface area contributed by atoms with Gasteiger partial charge in [-0.2, -0.15) is 0 Å². The minimum Gasteiger partial charge on any atom is -0.397 e. The Bertz CT molecular complexity index is 498. The molecule has 0 radical (unpaired) electrons. The Hall–Kier alpha value is -0.780. The van der Waals surface area contributed by atoms with Gasteiger partial charge in [0.05, 0.1) is 16.4 Å². The van der Waals surface area contributed by atoms with Crippen molar-refractivity contribution in [3.05, 3.63) is 22.2 Å². The summed E-state index contributed by atoms with van der Waals surface area (Å²) in [5.74, 6) is 0.302. The van der Waals surface area contributed by atoms with Crippen LogP contribution in [-0.4, -0.2) is 21.1 Å². The van der Waals surface area contributed by atoms with Gasteiger partial charge in [-0.25, -0.2) is 0 Å². The zero-order valence-corrected chi connectivity index (χ0v) is 13.7. The molecule has 0 heterocycles. The average Bonchev–Trinajstić information content (AvgIpc) is 2.33. The van der Waals surface area contributed by atoms with Crippen LogP contribution in [0.3, 0.4) is 0 Å². The third-order valence-electron chi connectivity index (χ3n) is 2.63. The maximum atomic E-state index is 11.8. The van der Waals surface area contributed by atoms with E-state index in [1.807, 2.05) is 13.8 Å². The summed E-state index contributed by atoms with van der Waals surface area (Å²) >= 11 is 11.8. The number of carbonyl (C=O) groups is 1. The normalized spacial score (nSPS) is 12.4. The van der Waals surface area contributed by atoms with E-state index in [-0.39, 0.29) is 17.6 Å². The highest BCUT2D eigenvalue weighted by atomic mass is 35.5. The van der Waals surface area contributed by atoms with E-state index in [1.54, 1.807) is 0 Å². The van der Waals surface area contributed by atoms with Crippen LogP contribution in [0.4, 0.5) is 11.4 Å². The molecule has 0 fully saturated rings. The molecule has 112 valence electrons. The minimum absolute atomic E-state index is 0.111. The van der Waals surface area contributed by atoms with Crippen LogP contribution in [0.25, 0.3) is 0 Å². The zero-order chi connectivity index (χ0) is 15.3. The molecular weight excluding hydrogens is 319 g/mol. The number of hydrogen-bond acceptors (Lipinski definition) is 3. The van der Waals surface area contributed by atoms with Crippen molar-refractivity contribution in [2.45, 2.75) is 31.9 Å². The maximum Gasteiger partial charge on any atom is 0.224 e. The quantitative estimate of drug-likeness (QED) is 0.781. The largest absolute Gasteiger partial charge is 0.397 e. The average molecular weight is 337 g/mol. The first-order valence-electron chi connectivity index (χ1n) is 6.22. The first-order valence-corrected chi connectivity index (χ1v) is 8.36. The second kappa shape index (κ2) is 7.86. The summed E-state index contributed by atoms with van der Waals surface area (Å²) in [5.41, 5.74) is 6.44. The van der Waals surface area contributed by atoms with Gasteiger partial charge in [-0.1, -0.05) is 37.0 Å². The molecule has 1 rings (SSSR count). The zero-order valence-electron chi connectivity index (χ0n) is 11.4. The summed E-state index contributed by atoms with van der Waals surface area (Å²) in [6.07, 6.45) is 0.832. The van der Waals surface area contributed by atoms with Gasteiger partial charge in [-0.3, -0.25) is 9.00 Å². The van der Waals surface area contributed by atoms with Crippen molar-refractivity contribution in [1.82, 2.24) is 0 Å². The predicted octanol–water partition coefficient (Wildman–Crippen LogP) is 3.45. The fourth-order valence-electron chi connectivity index (χ4n) is 1.54. The number of halogens is 2. The number of nitrogens with one attached hydrogen (secondary N) is 1. The lowest BCUT2D eigenvalue weighted by Gasteiger charge is -2.11. The van der Waals surface area contributed by atoms with Crippen LogP contribution < -0.4 is 11.1 Å². The molecule has 4 nitrogen and oxygen atoms in total. The molecule has 20 heavy (non-hydrogen) atoms. The molecule has 0 saturated carbocycles. The molecular formula is C13H18Cl2N2O2S. The van der Waals surface area contributed by atoms with E-state index in [2.05, 4.69) is 5.32 Å². The Morgan fingerprint density at radius 1 is 1.40 bits per heavy atom. The van der Waals surface area contributed by atoms with Gasteiger partial charge in [-0.05, 0) is 18.6 Å². The molecule has 1 unspecified atom stereocenters. The highest BCUT2D eigenvalue weighted by Crippen LogP contribution is 2.32. The van der Waals surface area contributed by atoms with Crippen molar-refractivity contribution in [3.8, 4) is 0 Å². The Morgan fingerprint density at radius 2 is 2.05 bits per heavy atom. The van der Waals surface area contributed by atoms with Gasteiger partial charge in [-0.15, -0.1) is 0 Å². The second-order valence-corrected chi connectivity index (χ2v) is 7.59. The number of benzene rings is 1. The lowest BCUT2D eigenvalue weighted by Crippen LogP contribution is -2.16. The van der Waals surface area contributed by atoms with E-state index in [0.29, 0.717) is 33.6 Å². The predicted molar refractivity (Wildman–Crippen MR) is 86.9 cm³/mol. The van der Waals surface area contributed by atoms with E-state index in [0.717, 1.165) is 0 Å². The maximum absolute atomic E-state index is 11.8. The van der Waals surface area contributed by atoms with Crippen LogP contribution in [-0.2, 0) is 15.6 Å². The van der Waals surface area contributed by atoms with Crippen molar-refractivity contribution in [1.29, 1.82) is 0 Å². The molecule has 1 aromatic rings. The van der Waals surface area contributed by atoms with E-state index >= 15 is 0 Å². The van der Waals surface area contributed by atoms with Gasteiger partial charge in [0.1, 0.15) is 0 Å². The molecule has 0 aliphatic heterocycles. The smallest absolute Gasteiger partial charge is 0.224 e. The molecule has 1 amide bonds. The fraction of sp³-hybridized carbons (Fsp3) is 0.462. The van der Waals surface area contributed by atoms with Crippen LogP contribution in [0.1, 0.15) is 26.7 Å². The van der Waals surface area contributed by atoms with Gasteiger partial charge < -0.3 is 11.1 Å². The summed E-state index contributed by atoms with van der Waals surface area (Å²) in [6.45, 7) is 3.79. The van der Waals surface area contributed by atoms with Gasteiger partial charge in [0.25, 0.3) is 0 Å². The monoisotopic (exact) mass is 336 g/mol. The molecule has 1 aromatic carbocycles. The van der Waals surface area contributed by atoms with Gasteiger partial charge in [0.2, 0.25) is 5.91 Å². The summed E-state index contributed by atoms with van der Waals surface area (Å²) in [5, 5.41) is 3.48. The number of hydrogen-bond donors (Lipinski definition) is 2. The fourth-order valence-corrected chi connectivity index (χ4v) is 2.99. The molecule has 0 aliphatic carbocycles. The highest BCUT2D eigenvalue weighted by Gasteiger charge is 2.11. The molecule has 7 heteroatoms. The van der Waals surface area contributed by atoms with Crippen molar-refractivity contribution in [2.24, 2.45) is 0 Å². The summed E-state index contributed by atoms with van der Waals surface area (Å²) in [6, 6.07) is 3.04. The third-order valence-corrected chi connectivity index (χ3v) is 4.88. The molecule has 0 bridgehead atoms. The standard InChI is InChI=1S/C13H18Cl2N2O2S/c1-8(2)20(19)5-3-4-12(18)17-13-10(15)6-9(14)7-11(13)16/h6-8H,3-5,16H2,1-2H3,(H,17,18). The van der Waals surface area contributed by atoms with Crippen LogP contribution in [0, 0.1) is 0 Å². The SMILES string of the molecule is CC(C)S(=O)CCCC(=O)Nc1c(N)cc(Cl)cc1Cl. The van der Waals surface area contributed by atoms with Gasteiger partial charge in [0, 0.05) is 33.2 Å². The second-order valence-electron chi connectivity index (χ2n) is 4.64. The van der Waals surface area contributed by atoms with E-state index in [1.165, 1.54) is 12.1 Å². The van der Waals surface area contributed by atoms with Crippen LogP contribution >= 0.6 is 23.2 Å². The molecule has 0 aromatic heterocycles. The van der Waals surface area contributed by atoms with Gasteiger partial charge in [0.15, 0.2) is 0 Å². The summed E-state index contributed by atoms with van der Waals surface area (Å²) in [7, 11) is -0.895. The Labute approximate surface area is 131 Å². The number of rotatable bonds is 6. The lowest BCUT2D eigenvalue weighted by molar-refractivity contribution is -0.116. The number of nitrogen functional groups attached to an aromatic ring is 1. The van der Waals surface area contributed by atoms with Crippen molar-refractivity contribution < 1.29 is 9.00 Å². The number of carbonyl (C=O) groups excluding carboxylic acids is 1. The molecule has 3 N–H and O–H groups in total. The first-order chi connectivity index (χ1) is 9.31. The molecule has 0 spiro atoms. The highest BCUT2D eigenvalue weighted by molar-refractivity contribution is 7.85. The number of anilines is 2. The summed E-state index contributed by atoms with van der Waals surface area (Å²) < 4.78 is 11.6. The topological polar surface area (TPSA) is 72.2 Å². The van der Waals surface area contributed by atoms with E-state index < -0.39 is 10.8 Å².